The van der Waals surface area contributed by atoms with Crippen LogP contribution in [0.5, 0.6) is 23.0 Å². The molecule has 0 N–H and O–H groups in total. The molecule has 0 heterocycles. The zero-order chi connectivity index (χ0) is 27.9. The summed E-state index contributed by atoms with van der Waals surface area (Å²) < 4.78 is 21.5. The molecule has 0 saturated heterocycles. The lowest BCUT2D eigenvalue weighted by molar-refractivity contribution is -0.135. The fraction of sp³-hybridized carbons (Fsp3) is 0.333. The number of methoxy groups -OCH3 is 2. The van der Waals surface area contributed by atoms with Crippen molar-refractivity contribution in [2.75, 3.05) is 14.2 Å². The summed E-state index contributed by atoms with van der Waals surface area (Å²) in [6.07, 6.45) is 8.02. The van der Waals surface area contributed by atoms with E-state index in [1.165, 1.54) is 26.4 Å². The first-order valence-electron chi connectivity index (χ1n) is 12.5. The summed E-state index contributed by atoms with van der Waals surface area (Å²) in [5.41, 5.74) is 1.39. The van der Waals surface area contributed by atoms with Gasteiger partial charge < -0.3 is 18.9 Å². The molecule has 0 aliphatic carbocycles. The number of esters is 2. The molecule has 0 unspecified atom stereocenters. The van der Waals surface area contributed by atoms with E-state index in [0.717, 1.165) is 25.7 Å². The highest BCUT2D eigenvalue weighted by Gasteiger charge is 2.13. The van der Waals surface area contributed by atoms with Crippen molar-refractivity contribution in [1.82, 2.24) is 0 Å². The van der Waals surface area contributed by atoms with E-state index in [9.17, 15) is 19.2 Å². The Bertz CT molecular complexity index is 1100. The second-order valence-corrected chi connectivity index (χ2v) is 8.41. The Morgan fingerprint density at radius 1 is 0.658 bits per heavy atom. The predicted molar refractivity (Wildman–Crippen MR) is 144 cm³/mol. The predicted octanol–water partition coefficient (Wildman–Crippen LogP) is 5.76. The van der Waals surface area contributed by atoms with Gasteiger partial charge in [-0.15, -0.1) is 0 Å². The van der Waals surface area contributed by atoms with E-state index in [2.05, 4.69) is 0 Å². The number of carbonyl (C=O) groups is 4. The van der Waals surface area contributed by atoms with Crippen LogP contribution < -0.4 is 18.9 Å². The molecule has 0 aliphatic rings. The summed E-state index contributed by atoms with van der Waals surface area (Å²) in [7, 11) is 2.89. The molecule has 0 atom stereocenters. The Hall–Kier alpha value is -4.20. The van der Waals surface area contributed by atoms with Crippen LogP contribution in [-0.4, -0.2) is 38.7 Å². The van der Waals surface area contributed by atoms with Gasteiger partial charge in [-0.1, -0.05) is 38.8 Å². The first kappa shape index (κ1) is 30.0. The molecular weight excluding hydrogens is 488 g/mol. The maximum absolute atomic E-state index is 12.0. The molecule has 0 fully saturated rings. The Morgan fingerprint density at radius 2 is 1.05 bits per heavy atom. The van der Waals surface area contributed by atoms with Crippen molar-refractivity contribution in [3.05, 3.63) is 58.7 Å². The maximum Gasteiger partial charge on any atom is 0.311 e. The van der Waals surface area contributed by atoms with Crippen LogP contribution in [0.2, 0.25) is 0 Å². The van der Waals surface area contributed by atoms with Crippen LogP contribution in [0.4, 0.5) is 0 Å². The van der Waals surface area contributed by atoms with E-state index in [1.807, 2.05) is 13.8 Å². The van der Waals surface area contributed by atoms with Crippen LogP contribution in [0.1, 0.15) is 63.5 Å². The van der Waals surface area contributed by atoms with Gasteiger partial charge in [0.1, 0.15) is 0 Å². The highest BCUT2D eigenvalue weighted by atomic mass is 16.6. The first-order valence-corrected chi connectivity index (χ1v) is 12.5. The molecule has 0 bridgehead atoms. The highest BCUT2D eigenvalue weighted by Crippen LogP contribution is 2.31. The quantitative estimate of drug-likeness (QED) is 0.0956. The van der Waals surface area contributed by atoms with Crippen molar-refractivity contribution in [2.45, 2.75) is 52.4 Å². The Kier molecular flexibility index (Phi) is 12.5. The fourth-order valence-corrected chi connectivity index (χ4v) is 3.44. The average molecular weight is 523 g/mol. The minimum Gasteiger partial charge on any atom is -0.493 e. The van der Waals surface area contributed by atoms with E-state index < -0.39 is 0 Å². The molecule has 0 spiro atoms. The molecule has 0 saturated carbocycles. The fourth-order valence-electron chi connectivity index (χ4n) is 3.44. The van der Waals surface area contributed by atoms with E-state index in [4.69, 9.17) is 18.9 Å². The van der Waals surface area contributed by atoms with Crippen LogP contribution >= 0.6 is 0 Å². The Labute approximate surface area is 223 Å². The molecule has 0 radical (unpaired) electrons. The van der Waals surface area contributed by atoms with Crippen molar-refractivity contribution >= 4 is 36.7 Å². The summed E-state index contributed by atoms with van der Waals surface area (Å²) in [6.45, 7) is 3.97. The Balaban J connectivity index is 2.32. The Morgan fingerprint density at radius 3 is 1.37 bits per heavy atom. The third-order valence-corrected chi connectivity index (χ3v) is 5.52. The summed E-state index contributed by atoms with van der Waals surface area (Å²) in [6, 6.07) is 9.68. The summed E-state index contributed by atoms with van der Waals surface area (Å²) >= 11 is 0. The van der Waals surface area contributed by atoms with E-state index in [1.54, 1.807) is 36.4 Å². The van der Waals surface area contributed by atoms with Crippen LogP contribution in [0.25, 0.3) is 12.2 Å². The monoisotopic (exact) mass is 522 g/mol. The van der Waals surface area contributed by atoms with Gasteiger partial charge in [0, 0.05) is 24.0 Å². The topological polar surface area (TPSA) is 105 Å². The number of allylic oxidation sites excluding steroid dienone is 2. The summed E-state index contributed by atoms with van der Waals surface area (Å²) in [4.78, 5) is 47.8. The number of ether oxygens (including phenoxy) is 4. The molecular formula is C30H34O8. The lowest BCUT2D eigenvalue weighted by atomic mass is 10.0. The summed E-state index contributed by atoms with van der Waals surface area (Å²) in [5.74, 6) is 0.466. The lowest BCUT2D eigenvalue weighted by Gasteiger charge is -2.11. The number of benzene rings is 2. The smallest absolute Gasteiger partial charge is 0.311 e. The van der Waals surface area contributed by atoms with Crippen LogP contribution in [0, 0.1) is 0 Å². The zero-order valence-electron chi connectivity index (χ0n) is 22.3. The van der Waals surface area contributed by atoms with Gasteiger partial charge in [-0.05, 0) is 60.4 Å². The molecule has 202 valence electrons. The number of carbonyl (C=O) groups excluding carboxylic acids is 4. The van der Waals surface area contributed by atoms with Crippen molar-refractivity contribution < 1.29 is 38.1 Å². The van der Waals surface area contributed by atoms with Crippen LogP contribution in [0.3, 0.4) is 0 Å². The van der Waals surface area contributed by atoms with Crippen molar-refractivity contribution in [3.63, 3.8) is 0 Å². The van der Waals surface area contributed by atoms with Gasteiger partial charge in [0.05, 0.1) is 14.2 Å². The SMILES string of the molecule is CCCCC(=O)Oc1ccc(/C=C(C=O)/C(C=O)=C/c2ccc(OC(=O)CCCC)c(OC)c2)cc1OC. The van der Waals surface area contributed by atoms with Gasteiger partial charge in [0.15, 0.2) is 35.6 Å². The van der Waals surface area contributed by atoms with Gasteiger partial charge in [0.2, 0.25) is 0 Å². The van der Waals surface area contributed by atoms with E-state index in [-0.39, 0.29) is 34.6 Å². The molecule has 8 heteroatoms. The number of rotatable bonds is 15. The van der Waals surface area contributed by atoms with Gasteiger partial charge in [-0.25, -0.2) is 0 Å². The maximum atomic E-state index is 12.0. The zero-order valence-corrected chi connectivity index (χ0v) is 22.3. The lowest BCUT2D eigenvalue weighted by Crippen LogP contribution is -2.08. The normalized spacial score (nSPS) is 11.5. The van der Waals surface area contributed by atoms with Crippen LogP contribution in [-0.2, 0) is 19.2 Å². The van der Waals surface area contributed by atoms with E-state index >= 15 is 0 Å². The molecule has 0 aliphatic heterocycles. The molecule has 2 aromatic rings. The van der Waals surface area contributed by atoms with Crippen molar-refractivity contribution in [3.8, 4) is 23.0 Å². The minimum absolute atomic E-state index is 0.129. The minimum atomic E-state index is -0.356. The largest absolute Gasteiger partial charge is 0.493 e. The van der Waals surface area contributed by atoms with Crippen molar-refractivity contribution in [2.24, 2.45) is 0 Å². The molecule has 8 nitrogen and oxygen atoms in total. The number of unbranched alkanes of at least 4 members (excludes halogenated alkanes) is 2. The summed E-state index contributed by atoms with van der Waals surface area (Å²) in [5, 5.41) is 0. The third-order valence-electron chi connectivity index (χ3n) is 5.52. The number of hydrogen-bond acceptors (Lipinski definition) is 8. The molecule has 2 aromatic carbocycles. The molecule has 38 heavy (non-hydrogen) atoms. The van der Waals surface area contributed by atoms with Crippen molar-refractivity contribution in [1.29, 1.82) is 0 Å². The molecule has 0 aromatic heterocycles. The standard InChI is InChI=1S/C30H34O8/c1-5-7-9-29(33)37-25-13-11-21(17-27(25)35-3)15-23(19-31)24(20-32)16-22-12-14-26(28(18-22)36-4)38-30(34)10-8-6-2/h11-20H,5-10H2,1-4H3/b23-15+,24-16+. The van der Waals surface area contributed by atoms with Crippen LogP contribution in [0.15, 0.2) is 47.5 Å². The van der Waals surface area contributed by atoms with E-state index in [0.29, 0.717) is 48.0 Å². The van der Waals surface area contributed by atoms with Gasteiger partial charge in [-0.2, -0.15) is 0 Å². The second kappa shape index (κ2) is 15.8. The average Bonchev–Trinajstić information content (AvgIpc) is 2.93. The highest BCUT2D eigenvalue weighted by molar-refractivity contribution is 6.02. The van der Waals surface area contributed by atoms with Gasteiger partial charge in [0.25, 0.3) is 0 Å². The second-order valence-electron chi connectivity index (χ2n) is 8.41. The molecule has 0 amide bonds. The van der Waals surface area contributed by atoms with Gasteiger partial charge in [-0.3, -0.25) is 19.2 Å². The van der Waals surface area contributed by atoms with Gasteiger partial charge >= 0.3 is 11.9 Å². The first-order chi connectivity index (χ1) is 18.4. The number of aldehydes is 2. The number of hydrogen-bond donors (Lipinski definition) is 0. The molecule has 2 rings (SSSR count). The third kappa shape index (κ3) is 9.03.